The van der Waals surface area contributed by atoms with Crippen molar-refractivity contribution in [1.29, 1.82) is 0 Å². The van der Waals surface area contributed by atoms with Gasteiger partial charge in [0, 0.05) is 23.5 Å². The number of nitrogens with one attached hydrogen (secondary N) is 1. The van der Waals surface area contributed by atoms with E-state index in [1.807, 2.05) is 53.4 Å². The number of hydrogen-bond acceptors (Lipinski definition) is 3. The number of rotatable bonds is 4. The Morgan fingerprint density at radius 3 is 2.73 bits per heavy atom. The van der Waals surface area contributed by atoms with Crippen molar-refractivity contribution in [1.82, 2.24) is 14.9 Å². The molecular formula is C16H14BrN3OS. The highest BCUT2D eigenvalue weighted by atomic mass is 79.9. The summed E-state index contributed by atoms with van der Waals surface area (Å²) in [5, 5.41) is 4.85. The molecule has 1 unspecified atom stereocenters. The molecule has 0 radical (unpaired) electrons. The lowest BCUT2D eigenvalue weighted by atomic mass is 10.1. The van der Waals surface area contributed by atoms with Crippen LogP contribution < -0.4 is 5.32 Å². The molecule has 2 heterocycles. The smallest absolute Gasteiger partial charge is 0.252 e. The predicted octanol–water partition coefficient (Wildman–Crippen LogP) is 4.19. The van der Waals surface area contributed by atoms with Gasteiger partial charge in [-0.15, -0.1) is 11.3 Å². The molecule has 0 saturated heterocycles. The van der Waals surface area contributed by atoms with E-state index in [0.29, 0.717) is 5.56 Å². The highest BCUT2D eigenvalue weighted by molar-refractivity contribution is 9.11. The predicted molar refractivity (Wildman–Crippen MR) is 91.5 cm³/mol. The van der Waals surface area contributed by atoms with Gasteiger partial charge in [0.15, 0.2) is 0 Å². The third kappa shape index (κ3) is 3.28. The van der Waals surface area contributed by atoms with Crippen molar-refractivity contribution in [3.8, 4) is 5.69 Å². The van der Waals surface area contributed by atoms with Crippen LogP contribution in [0.25, 0.3) is 5.69 Å². The zero-order valence-electron chi connectivity index (χ0n) is 11.9. The third-order valence-corrected chi connectivity index (χ3v) is 4.88. The normalized spacial score (nSPS) is 12.1. The Balaban J connectivity index is 1.69. The van der Waals surface area contributed by atoms with Gasteiger partial charge in [0.2, 0.25) is 0 Å². The van der Waals surface area contributed by atoms with Gasteiger partial charge in [-0.05, 0) is 46.6 Å². The molecule has 0 aliphatic rings. The first-order chi connectivity index (χ1) is 10.6. The standard InChI is InChI=1S/C16H14BrN3OS/c1-11(19-16(21)13-8-15(17)22-9-13)12-2-4-14(5-3-12)20-7-6-18-10-20/h2-11H,1H3,(H,19,21). The summed E-state index contributed by atoms with van der Waals surface area (Å²) < 4.78 is 2.89. The second-order valence-corrected chi connectivity index (χ2v) is 7.19. The molecule has 22 heavy (non-hydrogen) atoms. The van der Waals surface area contributed by atoms with Crippen LogP contribution >= 0.6 is 27.3 Å². The van der Waals surface area contributed by atoms with Crippen LogP contribution in [-0.2, 0) is 0 Å². The van der Waals surface area contributed by atoms with E-state index in [1.54, 1.807) is 12.5 Å². The van der Waals surface area contributed by atoms with Gasteiger partial charge in [0.1, 0.15) is 0 Å². The second-order valence-electron chi connectivity index (χ2n) is 4.90. The fourth-order valence-electron chi connectivity index (χ4n) is 2.14. The Hall–Kier alpha value is -1.92. The Morgan fingerprint density at radius 2 is 2.14 bits per heavy atom. The van der Waals surface area contributed by atoms with Crippen molar-refractivity contribution in [2.24, 2.45) is 0 Å². The quantitative estimate of drug-likeness (QED) is 0.742. The SMILES string of the molecule is CC(NC(=O)c1csc(Br)c1)c1ccc(-n2ccnc2)cc1. The van der Waals surface area contributed by atoms with E-state index in [4.69, 9.17) is 0 Å². The molecule has 1 atom stereocenters. The molecule has 1 amide bonds. The minimum atomic E-state index is -0.0619. The number of halogens is 1. The molecular weight excluding hydrogens is 362 g/mol. The van der Waals surface area contributed by atoms with Gasteiger partial charge in [0.05, 0.1) is 21.7 Å². The number of carbonyl (C=O) groups is 1. The molecule has 0 aliphatic carbocycles. The van der Waals surface area contributed by atoms with Crippen LogP contribution in [0.15, 0.2) is 58.2 Å². The maximum Gasteiger partial charge on any atom is 0.252 e. The van der Waals surface area contributed by atoms with E-state index < -0.39 is 0 Å². The fraction of sp³-hybridized carbons (Fsp3) is 0.125. The highest BCUT2D eigenvalue weighted by Gasteiger charge is 2.12. The number of nitrogens with zero attached hydrogens (tertiary/aromatic N) is 2. The topological polar surface area (TPSA) is 46.9 Å². The Morgan fingerprint density at radius 1 is 1.36 bits per heavy atom. The summed E-state index contributed by atoms with van der Waals surface area (Å²) in [6.45, 7) is 1.98. The minimum absolute atomic E-state index is 0.0528. The van der Waals surface area contributed by atoms with Gasteiger partial charge in [-0.3, -0.25) is 4.79 Å². The summed E-state index contributed by atoms with van der Waals surface area (Å²) in [5.74, 6) is -0.0619. The van der Waals surface area contributed by atoms with Crippen LogP contribution in [-0.4, -0.2) is 15.5 Å². The monoisotopic (exact) mass is 375 g/mol. The number of amides is 1. The van der Waals surface area contributed by atoms with Crippen LogP contribution in [0.3, 0.4) is 0 Å². The van der Waals surface area contributed by atoms with Crippen LogP contribution in [0.4, 0.5) is 0 Å². The molecule has 3 rings (SSSR count). The highest BCUT2D eigenvalue weighted by Crippen LogP contribution is 2.22. The van der Waals surface area contributed by atoms with Crippen molar-refractivity contribution in [3.05, 3.63) is 69.3 Å². The summed E-state index contributed by atoms with van der Waals surface area (Å²) in [6.07, 6.45) is 5.40. The third-order valence-electron chi connectivity index (χ3n) is 3.37. The largest absolute Gasteiger partial charge is 0.345 e. The lowest BCUT2D eigenvalue weighted by Crippen LogP contribution is -2.26. The summed E-state index contributed by atoms with van der Waals surface area (Å²) in [5.41, 5.74) is 2.78. The summed E-state index contributed by atoms with van der Waals surface area (Å²) in [6, 6.07) is 9.84. The number of benzene rings is 1. The molecule has 1 aromatic carbocycles. The van der Waals surface area contributed by atoms with Crippen LogP contribution in [0.2, 0.25) is 0 Å². The molecule has 0 fully saturated rings. The summed E-state index contributed by atoms with van der Waals surface area (Å²) >= 11 is 4.87. The van der Waals surface area contributed by atoms with Gasteiger partial charge in [-0.1, -0.05) is 12.1 Å². The van der Waals surface area contributed by atoms with E-state index in [-0.39, 0.29) is 11.9 Å². The molecule has 0 saturated carbocycles. The number of thiophene rings is 1. The van der Waals surface area contributed by atoms with Crippen LogP contribution in [0, 0.1) is 0 Å². The van der Waals surface area contributed by atoms with Gasteiger partial charge >= 0.3 is 0 Å². The molecule has 0 bridgehead atoms. The summed E-state index contributed by atoms with van der Waals surface area (Å²) in [7, 11) is 0. The summed E-state index contributed by atoms with van der Waals surface area (Å²) in [4.78, 5) is 16.2. The Labute approximate surface area is 140 Å². The minimum Gasteiger partial charge on any atom is -0.345 e. The lowest BCUT2D eigenvalue weighted by molar-refractivity contribution is 0.0940. The average molecular weight is 376 g/mol. The van der Waals surface area contributed by atoms with Gasteiger partial charge in [-0.25, -0.2) is 4.98 Å². The van der Waals surface area contributed by atoms with E-state index in [9.17, 15) is 4.79 Å². The first-order valence-electron chi connectivity index (χ1n) is 6.76. The van der Waals surface area contributed by atoms with Gasteiger partial charge < -0.3 is 9.88 Å². The fourth-order valence-corrected chi connectivity index (χ4v) is 3.28. The van der Waals surface area contributed by atoms with Gasteiger partial charge in [0.25, 0.3) is 5.91 Å². The van der Waals surface area contributed by atoms with Crippen molar-refractivity contribution in [2.75, 3.05) is 0 Å². The maximum atomic E-state index is 12.2. The van der Waals surface area contributed by atoms with Crippen molar-refractivity contribution in [3.63, 3.8) is 0 Å². The Kier molecular flexibility index (Phi) is 4.40. The van der Waals surface area contributed by atoms with Crippen LogP contribution in [0.1, 0.15) is 28.9 Å². The number of imidazole rings is 1. The molecule has 1 N–H and O–H groups in total. The first-order valence-corrected chi connectivity index (χ1v) is 8.44. The van der Waals surface area contributed by atoms with Crippen molar-refractivity contribution >= 4 is 33.2 Å². The molecule has 3 aromatic rings. The average Bonchev–Trinajstić information content (AvgIpc) is 3.18. The number of aromatic nitrogens is 2. The van der Waals surface area contributed by atoms with Crippen molar-refractivity contribution in [2.45, 2.75) is 13.0 Å². The van der Waals surface area contributed by atoms with Crippen molar-refractivity contribution < 1.29 is 4.79 Å². The lowest BCUT2D eigenvalue weighted by Gasteiger charge is -2.14. The molecule has 2 aromatic heterocycles. The maximum absolute atomic E-state index is 12.2. The molecule has 112 valence electrons. The van der Waals surface area contributed by atoms with Gasteiger partial charge in [-0.2, -0.15) is 0 Å². The number of carbonyl (C=O) groups excluding carboxylic acids is 1. The van der Waals surface area contributed by atoms with E-state index >= 15 is 0 Å². The molecule has 6 heteroatoms. The molecule has 0 aliphatic heterocycles. The zero-order chi connectivity index (χ0) is 15.5. The number of hydrogen-bond donors (Lipinski definition) is 1. The molecule has 4 nitrogen and oxygen atoms in total. The van der Waals surface area contributed by atoms with E-state index in [2.05, 4.69) is 26.2 Å². The van der Waals surface area contributed by atoms with Crippen LogP contribution in [0.5, 0.6) is 0 Å². The second kappa shape index (κ2) is 6.46. The van der Waals surface area contributed by atoms with E-state index in [1.165, 1.54) is 11.3 Å². The Bertz CT molecular complexity index is 765. The molecule has 0 spiro atoms. The van der Waals surface area contributed by atoms with E-state index in [0.717, 1.165) is 15.0 Å². The zero-order valence-corrected chi connectivity index (χ0v) is 14.3. The first kappa shape index (κ1) is 15.0.